The summed E-state index contributed by atoms with van der Waals surface area (Å²) < 4.78 is 10.1. The number of hydrogen-bond donors (Lipinski definition) is 0. The van der Waals surface area contributed by atoms with E-state index in [1.54, 1.807) is 0 Å². The zero-order valence-corrected chi connectivity index (χ0v) is 19.7. The fourth-order valence-corrected chi connectivity index (χ4v) is 4.70. The van der Waals surface area contributed by atoms with Crippen molar-refractivity contribution in [3.63, 3.8) is 0 Å². The van der Waals surface area contributed by atoms with Crippen LogP contribution in [0.4, 0.5) is 0 Å². The molecule has 164 valence electrons. The predicted molar refractivity (Wildman–Crippen MR) is 117 cm³/mol. The summed E-state index contributed by atoms with van der Waals surface area (Å²) in [5.41, 5.74) is -0.0379. The van der Waals surface area contributed by atoms with Crippen molar-refractivity contribution in [3.05, 3.63) is 46.6 Å². The van der Waals surface area contributed by atoms with Crippen molar-refractivity contribution in [2.45, 2.75) is 0 Å². The summed E-state index contributed by atoms with van der Waals surface area (Å²) in [4.78, 5) is 50.1. The topological polar surface area (TPSA) is 134 Å². The highest BCUT2D eigenvalue weighted by Gasteiger charge is 2.61. The minimum Gasteiger partial charge on any atom is -0.461 e. The molecule has 1 fully saturated rings. The van der Waals surface area contributed by atoms with Gasteiger partial charge in [0.2, 0.25) is 0 Å². The highest BCUT2D eigenvalue weighted by Crippen LogP contribution is 2.58. The highest BCUT2D eigenvalue weighted by molar-refractivity contribution is 9.09. The lowest BCUT2D eigenvalue weighted by atomic mass is 9.46. The molecule has 0 bridgehead atoms. The van der Waals surface area contributed by atoms with E-state index in [0.717, 1.165) is 0 Å². The Morgan fingerprint density at radius 2 is 1.12 bits per heavy atom. The van der Waals surface area contributed by atoms with Crippen LogP contribution in [-0.4, -0.2) is 47.4 Å². The fourth-order valence-electron chi connectivity index (χ4n) is 4.38. The minimum atomic E-state index is -0.844. The Bertz CT molecular complexity index is 1000. The van der Waals surface area contributed by atoms with E-state index in [9.17, 15) is 29.7 Å². The molecule has 0 amide bonds. The van der Waals surface area contributed by atoms with Crippen molar-refractivity contribution in [2.75, 3.05) is 23.9 Å². The van der Waals surface area contributed by atoms with E-state index < -0.39 is 35.6 Å². The number of carbonyl (C=O) groups excluding carboxylic acids is 4. The number of rotatable bonds is 6. The molecule has 0 aromatic heterocycles. The van der Waals surface area contributed by atoms with Crippen LogP contribution in [-0.2, 0) is 28.7 Å². The molecule has 4 atom stereocenters. The van der Waals surface area contributed by atoms with Gasteiger partial charge in [0.25, 0.3) is 0 Å². The summed E-state index contributed by atoms with van der Waals surface area (Å²) >= 11 is 6.27. The molecular formula is C22H16Br2N2O6. The first-order valence-corrected chi connectivity index (χ1v) is 11.8. The second-order valence-corrected chi connectivity index (χ2v) is 8.69. The van der Waals surface area contributed by atoms with Crippen LogP contribution in [0.1, 0.15) is 0 Å². The van der Waals surface area contributed by atoms with Crippen molar-refractivity contribution in [2.24, 2.45) is 23.7 Å². The van der Waals surface area contributed by atoms with Crippen LogP contribution in [0.25, 0.3) is 0 Å². The summed E-state index contributed by atoms with van der Waals surface area (Å²) in [5.74, 6) is -5.34. The Morgan fingerprint density at radius 1 is 0.750 bits per heavy atom. The fraction of sp³-hybridized carbons (Fsp3) is 0.364. The van der Waals surface area contributed by atoms with Gasteiger partial charge < -0.3 is 9.47 Å². The van der Waals surface area contributed by atoms with E-state index in [0.29, 0.717) is 10.7 Å². The van der Waals surface area contributed by atoms with Crippen LogP contribution in [0.2, 0.25) is 0 Å². The third-order valence-corrected chi connectivity index (χ3v) is 6.25. The van der Waals surface area contributed by atoms with Crippen LogP contribution in [0.3, 0.4) is 0 Å². The highest BCUT2D eigenvalue weighted by atomic mass is 79.9. The van der Waals surface area contributed by atoms with E-state index in [4.69, 9.17) is 9.47 Å². The zero-order valence-electron chi connectivity index (χ0n) is 16.5. The largest absolute Gasteiger partial charge is 0.461 e. The molecule has 0 saturated heterocycles. The molecule has 0 aromatic carbocycles. The number of hydrogen-bond acceptors (Lipinski definition) is 8. The van der Waals surface area contributed by atoms with E-state index in [2.05, 4.69) is 31.9 Å². The number of allylic oxidation sites excluding steroid dienone is 6. The van der Waals surface area contributed by atoms with Gasteiger partial charge in [0.15, 0.2) is 11.6 Å². The molecule has 3 aliphatic carbocycles. The first-order chi connectivity index (χ1) is 15.4. The van der Waals surface area contributed by atoms with Gasteiger partial charge in [-0.1, -0.05) is 44.0 Å². The van der Waals surface area contributed by atoms with Gasteiger partial charge in [0.1, 0.15) is 36.5 Å². The first-order valence-electron chi connectivity index (χ1n) is 9.59. The summed E-state index contributed by atoms with van der Waals surface area (Å²) in [6.07, 6.45) is 5.24. The molecule has 8 nitrogen and oxygen atoms in total. The molecule has 0 aromatic rings. The lowest BCUT2D eigenvalue weighted by Crippen LogP contribution is -2.57. The first kappa shape index (κ1) is 23.8. The number of ketones is 2. The Hall–Kier alpha value is -2.82. The second kappa shape index (κ2) is 10.2. The quantitative estimate of drug-likeness (QED) is 0.208. The molecule has 1 saturated carbocycles. The third-order valence-electron chi connectivity index (χ3n) is 5.61. The molecule has 0 heterocycles. The van der Waals surface area contributed by atoms with Gasteiger partial charge in [-0.15, -0.1) is 0 Å². The molecule has 0 spiro atoms. The van der Waals surface area contributed by atoms with Crippen LogP contribution >= 0.6 is 31.9 Å². The van der Waals surface area contributed by atoms with Gasteiger partial charge in [-0.3, -0.25) is 9.59 Å². The van der Waals surface area contributed by atoms with Gasteiger partial charge in [-0.25, -0.2) is 9.59 Å². The normalized spacial score (nSPS) is 28.4. The van der Waals surface area contributed by atoms with Crippen molar-refractivity contribution >= 4 is 55.4 Å². The molecule has 3 aliphatic rings. The Labute approximate surface area is 200 Å². The average molecular weight is 564 g/mol. The molecular weight excluding hydrogens is 548 g/mol. The van der Waals surface area contributed by atoms with E-state index in [-0.39, 0.29) is 47.1 Å². The Kier molecular flexibility index (Phi) is 7.60. The molecule has 0 unspecified atom stereocenters. The molecule has 0 N–H and O–H groups in total. The Balaban J connectivity index is 2.13. The number of nitrogens with zero attached hydrogens (tertiary/aromatic N) is 2. The standard InChI is InChI=1S/C22H16Br2N2O6/c23-5-7-31-21(29)13(9-25)11-1-3-15(27)19-17(11)18-12(2-4-16(28)20(18)19)14(10-26)22(30)32-8-6-24/h1-4,17-20H,5-8H2/b13-11-,14-12?/t17-,18-,19-,20-/m1/s1. The molecule has 10 heteroatoms. The number of alkyl halides is 2. The third kappa shape index (κ3) is 4.13. The monoisotopic (exact) mass is 562 g/mol. The van der Waals surface area contributed by atoms with E-state index >= 15 is 0 Å². The van der Waals surface area contributed by atoms with Crippen LogP contribution in [0.15, 0.2) is 46.6 Å². The SMILES string of the molecule is N#CC(C(=O)OCCBr)=C1C=CC(=O)[C@H]2[C@@H]3C(=O)C=C/C(=C(\C#N)C(=O)OCCBr)[C@@H]3[C@@H]12. The molecule has 32 heavy (non-hydrogen) atoms. The van der Waals surface area contributed by atoms with Crippen molar-refractivity contribution < 1.29 is 28.7 Å². The van der Waals surface area contributed by atoms with Gasteiger partial charge in [-0.05, 0) is 23.3 Å². The summed E-state index contributed by atoms with van der Waals surface area (Å²) in [6.45, 7) is 0.0922. The average Bonchev–Trinajstić information content (AvgIpc) is 2.76. The second-order valence-electron chi connectivity index (χ2n) is 7.11. The molecule has 3 rings (SSSR count). The molecule has 0 radical (unpaired) electrons. The van der Waals surface area contributed by atoms with Crippen LogP contribution in [0, 0.1) is 46.3 Å². The van der Waals surface area contributed by atoms with Gasteiger partial charge in [0.05, 0.1) is 0 Å². The lowest BCUT2D eigenvalue weighted by Gasteiger charge is -2.54. The number of carbonyl (C=O) groups is 4. The van der Waals surface area contributed by atoms with Crippen molar-refractivity contribution in [1.82, 2.24) is 0 Å². The predicted octanol–water partition coefficient (Wildman–Crippen LogP) is 2.26. The summed E-state index contributed by atoms with van der Waals surface area (Å²) in [5, 5.41) is 20.0. The maximum absolute atomic E-state index is 12.6. The maximum atomic E-state index is 12.6. The smallest absolute Gasteiger partial charge is 0.349 e. The number of ether oxygens (including phenoxy) is 2. The minimum absolute atomic E-state index is 0.0461. The number of esters is 2. The van der Waals surface area contributed by atoms with Crippen molar-refractivity contribution in [3.8, 4) is 12.1 Å². The van der Waals surface area contributed by atoms with Crippen LogP contribution in [0.5, 0.6) is 0 Å². The molecule has 0 aliphatic heterocycles. The van der Waals surface area contributed by atoms with E-state index in [1.165, 1.54) is 24.3 Å². The Morgan fingerprint density at radius 3 is 1.44 bits per heavy atom. The van der Waals surface area contributed by atoms with Gasteiger partial charge in [0, 0.05) is 34.3 Å². The van der Waals surface area contributed by atoms with E-state index in [1.807, 2.05) is 12.1 Å². The lowest BCUT2D eigenvalue weighted by molar-refractivity contribution is -0.143. The number of halogens is 2. The number of fused-ring (bicyclic) bond motifs is 4. The van der Waals surface area contributed by atoms with Gasteiger partial charge in [-0.2, -0.15) is 10.5 Å². The summed E-state index contributed by atoms with van der Waals surface area (Å²) in [6, 6.07) is 3.68. The zero-order chi connectivity index (χ0) is 23.4. The van der Waals surface area contributed by atoms with Crippen LogP contribution < -0.4 is 0 Å². The number of nitriles is 2. The van der Waals surface area contributed by atoms with Gasteiger partial charge >= 0.3 is 11.9 Å². The summed E-state index contributed by atoms with van der Waals surface area (Å²) in [7, 11) is 0. The maximum Gasteiger partial charge on any atom is 0.349 e. The van der Waals surface area contributed by atoms with Crippen molar-refractivity contribution in [1.29, 1.82) is 10.5 Å².